The van der Waals surface area contributed by atoms with Crippen LogP contribution >= 0.6 is 0 Å². The Morgan fingerprint density at radius 3 is 2.35 bits per heavy atom. The summed E-state index contributed by atoms with van der Waals surface area (Å²) in [6.07, 6.45) is 12.0. The number of hydrogen-bond donors (Lipinski definition) is 1. The Balaban J connectivity index is 1.96. The summed E-state index contributed by atoms with van der Waals surface area (Å²) in [7, 11) is 0. The first-order chi connectivity index (χ1) is 8.26. The minimum Gasteiger partial charge on any atom is -0.396 e. The van der Waals surface area contributed by atoms with Gasteiger partial charge in [-0.3, -0.25) is 0 Å². The van der Waals surface area contributed by atoms with Gasteiger partial charge in [0.15, 0.2) is 0 Å². The molecule has 2 nitrogen and oxygen atoms in total. The summed E-state index contributed by atoms with van der Waals surface area (Å²) in [5, 5.41) is 9.86. The normalized spacial score (nSPS) is 31.1. The first-order valence-electron chi connectivity index (χ1n) is 7.61. The molecule has 17 heavy (non-hydrogen) atoms. The monoisotopic (exact) mass is 239 g/mol. The van der Waals surface area contributed by atoms with Crippen LogP contribution in [0, 0.1) is 5.41 Å². The van der Waals surface area contributed by atoms with Crippen molar-refractivity contribution in [1.82, 2.24) is 4.90 Å². The molecule has 0 radical (unpaired) electrons. The summed E-state index contributed by atoms with van der Waals surface area (Å²) in [4.78, 5) is 2.64. The van der Waals surface area contributed by atoms with E-state index in [0.717, 1.165) is 12.6 Å². The molecular weight excluding hydrogens is 210 g/mol. The number of nitrogens with zero attached hydrogens (tertiary/aromatic N) is 1. The molecule has 1 saturated carbocycles. The van der Waals surface area contributed by atoms with Crippen LogP contribution < -0.4 is 0 Å². The van der Waals surface area contributed by atoms with Gasteiger partial charge in [0.25, 0.3) is 0 Å². The highest BCUT2D eigenvalue weighted by Crippen LogP contribution is 2.36. The van der Waals surface area contributed by atoms with Crippen LogP contribution in [0.25, 0.3) is 0 Å². The SMILES string of the molecule is CC1CCCCN1CC1(CO)CCCCCC1. The first-order valence-corrected chi connectivity index (χ1v) is 7.61. The van der Waals surface area contributed by atoms with Crippen LogP contribution in [0.5, 0.6) is 0 Å². The third kappa shape index (κ3) is 3.45. The van der Waals surface area contributed by atoms with E-state index in [1.165, 1.54) is 64.3 Å². The summed E-state index contributed by atoms with van der Waals surface area (Å²) < 4.78 is 0. The van der Waals surface area contributed by atoms with E-state index in [2.05, 4.69) is 11.8 Å². The lowest BCUT2D eigenvalue weighted by Crippen LogP contribution is -2.46. The van der Waals surface area contributed by atoms with E-state index in [1.807, 2.05) is 0 Å². The average molecular weight is 239 g/mol. The quantitative estimate of drug-likeness (QED) is 0.765. The molecule has 1 heterocycles. The van der Waals surface area contributed by atoms with Crippen molar-refractivity contribution in [3.8, 4) is 0 Å². The van der Waals surface area contributed by atoms with Crippen molar-refractivity contribution < 1.29 is 5.11 Å². The molecule has 100 valence electrons. The van der Waals surface area contributed by atoms with E-state index < -0.39 is 0 Å². The molecule has 1 aliphatic carbocycles. The molecule has 0 aromatic rings. The summed E-state index contributed by atoms with van der Waals surface area (Å²) in [6, 6.07) is 0.732. The van der Waals surface area contributed by atoms with Gasteiger partial charge in [-0.05, 0) is 39.2 Å². The van der Waals surface area contributed by atoms with E-state index in [-0.39, 0.29) is 5.41 Å². The van der Waals surface area contributed by atoms with Gasteiger partial charge in [-0.2, -0.15) is 0 Å². The number of piperidine rings is 1. The molecule has 2 rings (SSSR count). The van der Waals surface area contributed by atoms with Gasteiger partial charge in [-0.1, -0.05) is 32.1 Å². The molecule has 1 unspecified atom stereocenters. The van der Waals surface area contributed by atoms with Crippen molar-refractivity contribution in [3.63, 3.8) is 0 Å². The van der Waals surface area contributed by atoms with Crippen molar-refractivity contribution >= 4 is 0 Å². The maximum Gasteiger partial charge on any atom is 0.0499 e. The van der Waals surface area contributed by atoms with E-state index >= 15 is 0 Å². The maximum absolute atomic E-state index is 9.86. The topological polar surface area (TPSA) is 23.5 Å². The smallest absolute Gasteiger partial charge is 0.0499 e. The van der Waals surface area contributed by atoms with Crippen LogP contribution in [0.3, 0.4) is 0 Å². The molecule has 1 aliphatic heterocycles. The zero-order chi connectivity index (χ0) is 12.1. The number of likely N-dealkylation sites (tertiary alicyclic amines) is 1. The first kappa shape index (κ1) is 13.4. The Kier molecular flexibility index (Phi) is 4.87. The van der Waals surface area contributed by atoms with E-state index in [1.54, 1.807) is 0 Å². The van der Waals surface area contributed by atoms with Crippen LogP contribution in [-0.2, 0) is 0 Å². The van der Waals surface area contributed by atoms with E-state index in [9.17, 15) is 5.11 Å². The molecule has 1 N–H and O–H groups in total. The molecule has 0 aromatic carbocycles. The lowest BCUT2D eigenvalue weighted by Gasteiger charge is -2.41. The molecule has 2 heteroatoms. The summed E-state index contributed by atoms with van der Waals surface area (Å²) in [6.45, 7) is 5.16. The third-order valence-corrected chi connectivity index (χ3v) is 4.98. The van der Waals surface area contributed by atoms with Gasteiger partial charge in [0.05, 0.1) is 0 Å². The Bertz CT molecular complexity index is 221. The highest BCUT2D eigenvalue weighted by molar-refractivity contribution is 4.87. The van der Waals surface area contributed by atoms with Crippen molar-refractivity contribution in [1.29, 1.82) is 0 Å². The molecule has 0 bridgehead atoms. The van der Waals surface area contributed by atoms with E-state index in [0.29, 0.717) is 6.61 Å². The Morgan fingerprint density at radius 1 is 1.06 bits per heavy atom. The van der Waals surface area contributed by atoms with Gasteiger partial charge in [0.1, 0.15) is 0 Å². The van der Waals surface area contributed by atoms with Crippen LogP contribution in [0.1, 0.15) is 64.7 Å². The Hall–Kier alpha value is -0.0800. The molecule has 2 aliphatic rings. The molecule has 1 saturated heterocycles. The number of hydrogen-bond acceptors (Lipinski definition) is 2. The average Bonchev–Trinajstić information content (AvgIpc) is 2.58. The predicted molar refractivity (Wildman–Crippen MR) is 72.1 cm³/mol. The van der Waals surface area contributed by atoms with Gasteiger partial charge in [-0.15, -0.1) is 0 Å². The van der Waals surface area contributed by atoms with Crippen molar-refractivity contribution in [2.75, 3.05) is 19.7 Å². The fraction of sp³-hybridized carbons (Fsp3) is 1.00. The standard InChI is InChI=1S/C15H29NO/c1-14-8-4-7-11-16(14)12-15(13-17)9-5-2-3-6-10-15/h14,17H,2-13H2,1H3. The van der Waals surface area contributed by atoms with Gasteiger partial charge in [-0.25, -0.2) is 0 Å². The minimum atomic E-state index is 0.224. The molecule has 2 fully saturated rings. The number of aliphatic hydroxyl groups is 1. The van der Waals surface area contributed by atoms with Crippen molar-refractivity contribution in [2.45, 2.75) is 70.8 Å². The molecular formula is C15H29NO. The second-order valence-electron chi connectivity index (χ2n) is 6.39. The molecule has 0 amide bonds. The second kappa shape index (κ2) is 6.19. The van der Waals surface area contributed by atoms with Gasteiger partial charge >= 0.3 is 0 Å². The lowest BCUT2D eigenvalue weighted by molar-refractivity contribution is 0.0326. The Labute approximate surface area is 106 Å². The summed E-state index contributed by atoms with van der Waals surface area (Å²) in [5.74, 6) is 0. The zero-order valence-corrected chi connectivity index (χ0v) is 11.5. The van der Waals surface area contributed by atoms with Crippen molar-refractivity contribution in [2.24, 2.45) is 5.41 Å². The maximum atomic E-state index is 9.86. The van der Waals surface area contributed by atoms with Crippen LogP contribution in [0.4, 0.5) is 0 Å². The van der Waals surface area contributed by atoms with Gasteiger partial charge in [0, 0.05) is 24.6 Å². The summed E-state index contributed by atoms with van der Waals surface area (Å²) >= 11 is 0. The molecule has 1 atom stereocenters. The minimum absolute atomic E-state index is 0.224. The number of rotatable bonds is 3. The fourth-order valence-corrected chi connectivity index (χ4v) is 3.67. The zero-order valence-electron chi connectivity index (χ0n) is 11.5. The second-order valence-corrected chi connectivity index (χ2v) is 6.39. The van der Waals surface area contributed by atoms with E-state index in [4.69, 9.17) is 0 Å². The largest absolute Gasteiger partial charge is 0.396 e. The lowest BCUT2D eigenvalue weighted by atomic mass is 9.80. The highest BCUT2D eigenvalue weighted by atomic mass is 16.3. The highest BCUT2D eigenvalue weighted by Gasteiger charge is 2.34. The van der Waals surface area contributed by atoms with Crippen LogP contribution in [0.2, 0.25) is 0 Å². The van der Waals surface area contributed by atoms with Crippen LogP contribution in [0.15, 0.2) is 0 Å². The summed E-state index contributed by atoms with van der Waals surface area (Å²) in [5.41, 5.74) is 0.224. The number of aliphatic hydroxyl groups excluding tert-OH is 1. The molecule has 0 spiro atoms. The molecule has 0 aromatic heterocycles. The Morgan fingerprint density at radius 2 is 1.76 bits per heavy atom. The predicted octanol–water partition coefficient (Wildman–Crippen LogP) is 3.19. The fourth-order valence-electron chi connectivity index (χ4n) is 3.67. The van der Waals surface area contributed by atoms with Crippen LogP contribution in [-0.4, -0.2) is 35.7 Å². The third-order valence-electron chi connectivity index (χ3n) is 4.98. The van der Waals surface area contributed by atoms with Crippen molar-refractivity contribution in [3.05, 3.63) is 0 Å². The van der Waals surface area contributed by atoms with Gasteiger partial charge < -0.3 is 10.0 Å². The van der Waals surface area contributed by atoms with Gasteiger partial charge in [0.2, 0.25) is 0 Å².